The van der Waals surface area contributed by atoms with Crippen LogP contribution in [0.1, 0.15) is 22.9 Å². The van der Waals surface area contributed by atoms with Gasteiger partial charge in [-0.3, -0.25) is 0 Å². The van der Waals surface area contributed by atoms with E-state index in [0.29, 0.717) is 5.84 Å². The number of amidine groups is 2. The molecule has 53 heavy (non-hydrogen) atoms. The van der Waals surface area contributed by atoms with Crippen molar-refractivity contribution in [2.75, 3.05) is 0 Å². The lowest BCUT2D eigenvalue weighted by atomic mass is 9.96. The molecule has 1 aliphatic rings. The lowest BCUT2D eigenvalue weighted by molar-refractivity contribution is 0.668. The third kappa shape index (κ3) is 5.67. The number of fused-ring (bicyclic) bond motifs is 4. The molecule has 4 heteroatoms. The van der Waals surface area contributed by atoms with Gasteiger partial charge in [0.2, 0.25) is 0 Å². The van der Waals surface area contributed by atoms with Gasteiger partial charge in [-0.2, -0.15) is 0 Å². The highest BCUT2D eigenvalue weighted by molar-refractivity contribution is 6.22. The SMILES string of the molecule is c1ccc(C2=NC(c3cccc4oc5cc(-c6ccc(-c7cccc8ccccc78)cc6)ccc5c34)=NC(c3ccc(-c4ccccc4)cc3)N2)cc1. The number of benzene rings is 8. The first-order valence-corrected chi connectivity index (χ1v) is 17.9. The molecule has 10 rings (SSSR count). The average Bonchev–Trinajstić information content (AvgIpc) is 3.62. The summed E-state index contributed by atoms with van der Waals surface area (Å²) in [6, 6.07) is 65.8. The van der Waals surface area contributed by atoms with Crippen molar-refractivity contribution in [1.29, 1.82) is 0 Å². The van der Waals surface area contributed by atoms with Crippen molar-refractivity contribution in [3.05, 3.63) is 205 Å². The van der Waals surface area contributed by atoms with Gasteiger partial charge in [-0.25, -0.2) is 9.98 Å². The van der Waals surface area contributed by atoms with E-state index in [2.05, 4.69) is 157 Å². The highest BCUT2D eigenvalue weighted by Crippen LogP contribution is 2.37. The maximum Gasteiger partial charge on any atom is 0.160 e. The highest BCUT2D eigenvalue weighted by Gasteiger charge is 2.24. The third-order valence-electron chi connectivity index (χ3n) is 10.2. The minimum Gasteiger partial charge on any atom is -0.456 e. The Bertz CT molecular complexity index is 2830. The van der Waals surface area contributed by atoms with E-state index < -0.39 is 0 Å². The summed E-state index contributed by atoms with van der Waals surface area (Å²) in [5.74, 6) is 1.45. The summed E-state index contributed by atoms with van der Waals surface area (Å²) in [7, 11) is 0. The Balaban J connectivity index is 1.03. The molecule has 1 aromatic heterocycles. The Morgan fingerprint density at radius 3 is 1.85 bits per heavy atom. The molecular formula is C49H33N3O. The van der Waals surface area contributed by atoms with Crippen LogP contribution in [0.25, 0.3) is 66.1 Å². The Morgan fingerprint density at radius 2 is 1.04 bits per heavy atom. The van der Waals surface area contributed by atoms with E-state index in [9.17, 15) is 0 Å². The van der Waals surface area contributed by atoms with E-state index >= 15 is 0 Å². The molecule has 0 saturated heterocycles. The smallest absolute Gasteiger partial charge is 0.160 e. The molecule has 0 radical (unpaired) electrons. The lowest BCUT2D eigenvalue weighted by Gasteiger charge is -2.24. The molecule has 1 unspecified atom stereocenters. The van der Waals surface area contributed by atoms with Gasteiger partial charge in [0.1, 0.15) is 23.2 Å². The van der Waals surface area contributed by atoms with Gasteiger partial charge in [0.15, 0.2) is 5.84 Å². The van der Waals surface area contributed by atoms with Gasteiger partial charge in [-0.05, 0) is 67.9 Å². The summed E-state index contributed by atoms with van der Waals surface area (Å²) in [4.78, 5) is 10.4. The average molecular weight is 680 g/mol. The van der Waals surface area contributed by atoms with Crippen LogP contribution in [-0.4, -0.2) is 11.7 Å². The van der Waals surface area contributed by atoms with E-state index in [1.54, 1.807) is 0 Å². The molecule has 1 aliphatic heterocycles. The van der Waals surface area contributed by atoms with Crippen LogP contribution in [-0.2, 0) is 0 Å². The maximum atomic E-state index is 6.55. The van der Waals surface area contributed by atoms with E-state index in [-0.39, 0.29) is 6.17 Å². The fraction of sp³-hybridized carbons (Fsp3) is 0.0204. The Kier molecular flexibility index (Phi) is 7.51. The second-order valence-corrected chi connectivity index (χ2v) is 13.4. The van der Waals surface area contributed by atoms with Crippen molar-refractivity contribution >= 4 is 44.4 Å². The zero-order chi connectivity index (χ0) is 35.1. The molecule has 0 bridgehead atoms. The molecule has 8 aromatic carbocycles. The van der Waals surface area contributed by atoms with Gasteiger partial charge in [0.05, 0.1) is 0 Å². The Hall–Kier alpha value is -7.04. The molecule has 1 atom stereocenters. The zero-order valence-electron chi connectivity index (χ0n) is 28.8. The largest absolute Gasteiger partial charge is 0.456 e. The predicted octanol–water partition coefficient (Wildman–Crippen LogP) is 12.2. The van der Waals surface area contributed by atoms with Crippen LogP contribution in [0.5, 0.6) is 0 Å². The van der Waals surface area contributed by atoms with Gasteiger partial charge < -0.3 is 9.73 Å². The van der Waals surface area contributed by atoms with Crippen molar-refractivity contribution in [3.8, 4) is 33.4 Å². The predicted molar refractivity (Wildman–Crippen MR) is 219 cm³/mol. The van der Waals surface area contributed by atoms with Crippen LogP contribution in [0.3, 0.4) is 0 Å². The summed E-state index contributed by atoms with van der Waals surface area (Å²) < 4.78 is 6.55. The summed E-state index contributed by atoms with van der Waals surface area (Å²) in [5, 5.41) is 8.16. The number of hydrogen-bond acceptors (Lipinski definition) is 4. The molecule has 1 N–H and O–H groups in total. The second-order valence-electron chi connectivity index (χ2n) is 13.4. The molecule has 2 heterocycles. The summed E-state index contributed by atoms with van der Waals surface area (Å²) >= 11 is 0. The van der Waals surface area contributed by atoms with Crippen molar-refractivity contribution in [1.82, 2.24) is 5.32 Å². The van der Waals surface area contributed by atoms with Crippen molar-refractivity contribution in [2.24, 2.45) is 9.98 Å². The number of rotatable bonds is 6. The molecule has 0 aliphatic carbocycles. The van der Waals surface area contributed by atoms with E-state index in [1.165, 1.54) is 33.0 Å². The fourth-order valence-corrected chi connectivity index (χ4v) is 7.48. The van der Waals surface area contributed by atoms with Crippen molar-refractivity contribution in [2.45, 2.75) is 6.17 Å². The van der Waals surface area contributed by atoms with Crippen LogP contribution >= 0.6 is 0 Å². The minimum absolute atomic E-state index is 0.320. The molecule has 4 nitrogen and oxygen atoms in total. The van der Waals surface area contributed by atoms with Gasteiger partial charge in [0, 0.05) is 21.9 Å². The molecule has 0 fully saturated rings. The van der Waals surface area contributed by atoms with Crippen LogP contribution in [0.4, 0.5) is 0 Å². The highest BCUT2D eigenvalue weighted by atomic mass is 16.3. The summed E-state index contributed by atoms with van der Waals surface area (Å²) in [5.41, 5.74) is 11.7. The van der Waals surface area contributed by atoms with E-state index in [1.807, 2.05) is 36.4 Å². The van der Waals surface area contributed by atoms with Crippen molar-refractivity contribution < 1.29 is 4.42 Å². The van der Waals surface area contributed by atoms with Gasteiger partial charge in [-0.1, -0.05) is 170 Å². The Morgan fingerprint density at radius 1 is 0.434 bits per heavy atom. The first-order chi connectivity index (χ1) is 26.2. The fourth-order valence-electron chi connectivity index (χ4n) is 7.48. The molecule has 0 amide bonds. The molecular weight excluding hydrogens is 647 g/mol. The summed E-state index contributed by atoms with van der Waals surface area (Å²) in [6.07, 6.45) is -0.320. The van der Waals surface area contributed by atoms with E-state index in [4.69, 9.17) is 14.4 Å². The first-order valence-electron chi connectivity index (χ1n) is 17.9. The molecule has 250 valence electrons. The Labute approximate surface area is 307 Å². The number of hydrogen-bond donors (Lipinski definition) is 1. The normalized spacial score (nSPS) is 14.2. The number of nitrogens with zero attached hydrogens (tertiary/aromatic N) is 2. The zero-order valence-corrected chi connectivity index (χ0v) is 28.8. The van der Waals surface area contributed by atoms with Crippen LogP contribution in [0, 0.1) is 0 Å². The van der Waals surface area contributed by atoms with E-state index in [0.717, 1.165) is 55.6 Å². The third-order valence-corrected chi connectivity index (χ3v) is 10.2. The first kappa shape index (κ1) is 30.8. The second kappa shape index (κ2) is 12.9. The van der Waals surface area contributed by atoms with Crippen molar-refractivity contribution in [3.63, 3.8) is 0 Å². The summed E-state index contributed by atoms with van der Waals surface area (Å²) in [6.45, 7) is 0. The topological polar surface area (TPSA) is 49.9 Å². The molecule has 9 aromatic rings. The number of aliphatic imine (C=N–C) groups is 2. The van der Waals surface area contributed by atoms with Gasteiger partial charge in [-0.15, -0.1) is 0 Å². The number of furan rings is 1. The van der Waals surface area contributed by atoms with Crippen LogP contribution in [0.2, 0.25) is 0 Å². The lowest BCUT2D eigenvalue weighted by Crippen LogP contribution is -2.33. The van der Waals surface area contributed by atoms with Gasteiger partial charge in [0.25, 0.3) is 0 Å². The maximum absolute atomic E-state index is 6.55. The van der Waals surface area contributed by atoms with Crippen LogP contribution in [0.15, 0.2) is 202 Å². The minimum atomic E-state index is -0.320. The molecule has 0 saturated carbocycles. The van der Waals surface area contributed by atoms with Gasteiger partial charge >= 0.3 is 0 Å². The molecule has 0 spiro atoms. The standard InChI is InChI=1S/C49H33N3O/c1-3-11-32(12-4-1)33-23-27-38(28-24-33)48-50-47(37-14-5-2-6-15-37)51-49(52-48)43-19-10-20-44-46(43)42-30-29-39(31-45(42)53-44)34-21-25-36(26-22-34)41-18-9-16-35-13-7-8-17-40(35)41/h1-31,48H,(H,50,51,52). The van der Waals surface area contributed by atoms with Crippen LogP contribution < -0.4 is 5.32 Å². The quantitative estimate of drug-likeness (QED) is 0.190. The monoisotopic (exact) mass is 679 g/mol. The number of nitrogens with one attached hydrogen (secondary N) is 1.